The Kier molecular flexibility index (Phi) is 12.7. The van der Waals surface area contributed by atoms with Crippen LogP contribution in [0.2, 0.25) is 0 Å². The van der Waals surface area contributed by atoms with Gasteiger partial charge in [-0.15, -0.1) is 0 Å². The van der Waals surface area contributed by atoms with E-state index in [1.54, 1.807) is 27.9 Å². The number of Topliss-reactive ketones (excluding diaryl/α,β-unsaturated/α-hetero) is 2. The van der Waals surface area contributed by atoms with E-state index in [1.165, 1.54) is 12.5 Å². The van der Waals surface area contributed by atoms with Crippen molar-refractivity contribution in [1.29, 1.82) is 0 Å². The number of esters is 1. The number of ether oxygens (including phenoxy) is 5. The second-order valence-corrected chi connectivity index (χ2v) is 18.0. The summed E-state index contributed by atoms with van der Waals surface area (Å²) < 4.78 is 29.1. The minimum Gasteiger partial charge on any atom is -0.464 e. The molecule has 2 saturated heterocycles. The number of carbonyl (C=O) groups is 5. The predicted octanol–water partition coefficient (Wildman–Crippen LogP) is 4.94. The van der Waals surface area contributed by atoms with Crippen LogP contribution in [0.15, 0.2) is 11.6 Å². The molecule has 2 bridgehead atoms. The van der Waals surface area contributed by atoms with Gasteiger partial charge >= 0.3 is 5.97 Å². The standard InChI is InChI=1S/C41H64N2O10/c1-26(2)12-13-31-38(7,53-31)34-33(49-8)28(14-15-41(34)25-52-41)43-36(48)40-19-16-39(17-20-40,18-21-40)29(44)11-9-10-22-51-35(47)27(3)42-32(46)24-50-23-30(45)37(4,5)6/h12,27-28,31,33-34H,9-11,13-25H2,1-8H3,(H,42,46)(H,43,48)/t27-,28+,31+,33+,34+,38-,39?,40?,41-/m0/s1. The van der Waals surface area contributed by atoms with Crippen LogP contribution < -0.4 is 10.6 Å². The summed E-state index contributed by atoms with van der Waals surface area (Å²) in [6.07, 6.45) is 10.5. The molecule has 2 N–H and O–H groups in total. The van der Waals surface area contributed by atoms with E-state index in [0.29, 0.717) is 45.1 Å². The van der Waals surface area contributed by atoms with Gasteiger partial charge in [0.15, 0.2) is 5.78 Å². The number of fused-ring (bicyclic) bond motifs is 3. The molecule has 2 amide bonds. The Labute approximate surface area is 315 Å². The van der Waals surface area contributed by atoms with Crippen molar-refractivity contribution in [3.63, 3.8) is 0 Å². The first-order valence-electron chi connectivity index (χ1n) is 19.8. The largest absolute Gasteiger partial charge is 0.464 e. The second-order valence-electron chi connectivity index (χ2n) is 18.0. The molecule has 12 nitrogen and oxygen atoms in total. The first kappa shape index (κ1) is 41.5. The van der Waals surface area contributed by atoms with E-state index in [0.717, 1.165) is 38.5 Å². The van der Waals surface area contributed by atoms with Crippen LogP contribution in [0.3, 0.4) is 0 Å². The van der Waals surface area contributed by atoms with Crippen LogP contribution in [0.1, 0.15) is 126 Å². The smallest absolute Gasteiger partial charge is 0.328 e. The maximum Gasteiger partial charge on any atom is 0.328 e. The third-order valence-electron chi connectivity index (χ3n) is 13.0. The van der Waals surface area contributed by atoms with Crippen LogP contribution in [0, 0.1) is 22.2 Å². The summed E-state index contributed by atoms with van der Waals surface area (Å²) in [6.45, 7) is 13.6. The summed E-state index contributed by atoms with van der Waals surface area (Å²) in [7, 11) is 1.73. The number of carbonyl (C=O) groups excluding carboxylic acids is 5. The number of hydrogen-bond acceptors (Lipinski definition) is 10. The zero-order chi connectivity index (χ0) is 38.8. The van der Waals surface area contributed by atoms with Crippen molar-refractivity contribution in [3.8, 4) is 0 Å². The maximum absolute atomic E-state index is 14.1. The van der Waals surface area contributed by atoms with E-state index in [-0.39, 0.29) is 78.1 Å². The highest BCUT2D eigenvalue weighted by atomic mass is 16.6. The molecule has 298 valence electrons. The van der Waals surface area contributed by atoms with Crippen LogP contribution in [0.5, 0.6) is 0 Å². The number of epoxide rings is 2. The van der Waals surface area contributed by atoms with Crippen molar-refractivity contribution < 1.29 is 47.7 Å². The van der Waals surface area contributed by atoms with Gasteiger partial charge in [-0.2, -0.15) is 0 Å². The number of allylic oxidation sites excluding steroid dienone is 1. The molecular weight excluding hydrogens is 680 g/mol. The SMILES string of the molecule is CO[C@@H]1[C@H](NC(=O)C23CCC(C(=O)CCCCOC(=O)[C@H](C)NC(=O)COCC(=O)C(C)(C)C)(CC2)CC3)CC[C@]2(CO2)[C@H]1[C@@]1(C)O[C@@H]1CC=C(C)C. The number of hydrogen-bond donors (Lipinski definition) is 2. The third-order valence-corrected chi connectivity index (χ3v) is 13.0. The molecule has 4 saturated carbocycles. The summed E-state index contributed by atoms with van der Waals surface area (Å²) in [5.74, 6) is -0.822. The number of ketones is 2. The Balaban J connectivity index is 1.02. The molecule has 0 aromatic carbocycles. The number of nitrogens with one attached hydrogen (secondary N) is 2. The van der Waals surface area contributed by atoms with Crippen molar-refractivity contribution in [2.75, 3.05) is 33.5 Å². The molecule has 0 radical (unpaired) electrons. The van der Waals surface area contributed by atoms with Gasteiger partial charge in [-0.1, -0.05) is 32.4 Å². The van der Waals surface area contributed by atoms with Gasteiger partial charge in [0, 0.05) is 35.7 Å². The van der Waals surface area contributed by atoms with Gasteiger partial charge in [-0.3, -0.25) is 19.2 Å². The predicted molar refractivity (Wildman–Crippen MR) is 197 cm³/mol. The Bertz CT molecular complexity index is 1400. The van der Waals surface area contributed by atoms with Crippen LogP contribution in [-0.4, -0.2) is 98.4 Å². The van der Waals surface area contributed by atoms with Crippen LogP contribution in [0.4, 0.5) is 0 Å². The summed E-state index contributed by atoms with van der Waals surface area (Å²) in [6, 6.07) is -0.990. The van der Waals surface area contributed by atoms with Gasteiger partial charge in [-0.25, -0.2) is 4.79 Å². The molecule has 6 aliphatic rings. The third kappa shape index (κ3) is 9.24. The molecule has 0 aromatic heterocycles. The lowest BCUT2D eigenvalue weighted by molar-refractivity contribution is -0.152. The fourth-order valence-electron chi connectivity index (χ4n) is 9.15. The van der Waals surface area contributed by atoms with Gasteiger partial charge in [0.2, 0.25) is 11.8 Å². The highest BCUT2D eigenvalue weighted by molar-refractivity contribution is 5.88. The summed E-state index contributed by atoms with van der Waals surface area (Å²) in [5, 5.41) is 5.97. The zero-order valence-corrected chi connectivity index (χ0v) is 33.4. The molecular formula is C41H64N2O10. The van der Waals surface area contributed by atoms with E-state index in [9.17, 15) is 24.0 Å². The van der Waals surface area contributed by atoms with E-state index in [4.69, 9.17) is 23.7 Å². The highest BCUT2D eigenvalue weighted by Gasteiger charge is 2.72. The van der Waals surface area contributed by atoms with Crippen molar-refractivity contribution >= 4 is 29.4 Å². The first-order chi connectivity index (χ1) is 24.9. The lowest BCUT2D eigenvalue weighted by Crippen LogP contribution is -2.62. The lowest BCUT2D eigenvalue weighted by Gasteiger charge is -2.52. The number of methoxy groups -OCH3 is 1. The Morgan fingerprint density at radius 2 is 1.58 bits per heavy atom. The zero-order valence-electron chi connectivity index (χ0n) is 33.4. The molecule has 0 aromatic rings. The average molecular weight is 745 g/mol. The van der Waals surface area contributed by atoms with Crippen LogP contribution >= 0.6 is 0 Å². The van der Waals surface area contributed by atoms with Crippen molar-refractivity contribution in [2.45, 2.75) is 161 Å². The molecule has 2 aliphatic heterocycles. The summed E-state index contributed by atoms with van der Waals surface area (Å²) in [5.41, 5.74) is -0.719. The fourth-order valence-corrected chi connectivity index (χ4v) is 9.15. The fraction of sp³-hybridized carbons (Fsp3) is 0.829. The summed E-state index contributed by atoms with van der Waals surface area (Å²) >= 11 is 0. The molecule has 4 aliphatic carbocycles. The second kappa shape index (κ2) is 16.2. The van der Waals surface area contributed by atoms with Gasteiger partial charge in [-0.05, 0) is 98.3 Å². The normalized spacial score (nSPS) is 34.9. The van der Waals surface area contributed by atoms with Gasteiger partial charge in [0.1, 0.15) is 30.6 Å². The Morgan fingerprint density at radius 1 is 0.943 bits per heavy atom. The van der Waals surface area contributed by atoms with Gasteiger partial charge in [0.05, 0.1) is 37.1 Å². The Hall–Kier alpha value is -2.67. The molecule has 6 rings (SSSR count). The van der Waals surface area contributed by atoms with Crippen LogP contribution in [-0.2, 0) is 47.7 Å². The molecule has 2 heterocycles. The minimum absolute atomic E-state index is 0.0327. The van der Waals surface area contributed by atoms with E-state index in [1.807, 2.05) is 0 Å². The van der Waals surface area contributed by atoms with Crippen molar-refractivity contribution in [3.05, 3.63) is 11.6 Å². The summed E-state index contributed by atoms with van der Waals surface area (Å²) in [4.78, 5) is 64.0. The lowest BCUT2D eigenvalue weighted by atomic mass is 9.52. The first-order valence-corrected chi connectivity index (χ1v) is 19.8. The Morgan fingerprint density at radius 3 is 2.17 bits per heavy atom. The molecule has 6 fully saturated rings. The number of unbranched alkanes of at least 4 members (excludes halogenated alkanes) is 1. The van der Waals surface area contributed by atoms with Crippen molar-refractivity contribution in [1.82, 2.24) is 10.6 Å². The molecule has 12 heteroatoms. The number of rotatable bonds is 18. The van der Waals surface area contributed by atoms with Gasteiger partial charge in [0.25, 0.3) is 0 Å². The monoisotopic (exact) mass is 744 g/mol. The van der Waals surface area contributed by atoms with Crippen LogP contribution in [0.25, 0.3) is 0 Å². The molecule has 1 spiro atoms. The molecule has 0 unspecified atom stereocenters. The number of amides is 2. The van der Waals surface area contributed by atoms with Crippen molar-refractivity contribution in [2.24, 2.45) is 22.2 Å². The average Bonchev–Trinajstić information content (AvgIpc) is 4.04. The van der Waals surface area contributed by atoms with Gasteiger partial charge < -0.3 is 34.3 Å². The molecule has 53 heavy (non-hydrogen) atoms. The van der Waals surface area contributed by atoms with E-state index >= 15 is 0 Å². The highest BCUT2D eigenvalue weighted by Crippen LogP contribution is 2.60. The maximum atomic E-state index is 14.1. The topological polar surface area (TPSA) is 162 Å². The van der Waals surface area contributed by atoms with E-state index < -0.39 is 28.7 Å². The molecule has 7 atom stereocenters. The quantitative estimate of drug-likeness (QED) is 0.0852. The van der Waals surface area contributed by atoms with E-state index in [2.05, 4.69) is 37.5 Å². The minimum atomic E-state index is -0.865.